The van der Waals surface area contributed by atoms with Crippen molar-refractivity contribution in [2.75, 3.05) is 13.1 Å². The zero-order valence-corrected chi connectivity index (χ0v) is 12.5. The second-order valence-electron chi connectivity index (χ2n) is 5.41. The number of urea groups is 1. The number of carbonyl (C=O) groups excluding carboxylic acids is 2. The summed E-state index contributed by atoms with van der Waals surface area (Å²) >= 11 is 0. The number of amides is 3. The van der Waals surface area contributed by atoms with E-state index >= 15 is 0 Å². The van der Waals surface area contributed by atoms with Crippen LogP contribution in [-0.4, -0.2) is 42.1 Å². The van der Waals surface area contributed by atoms with Crippen molar-refractivity contribution in [3.8, 4) is 0 Å². The van der Waals surface area contributed by atoms with E-state index in [1.54, 1.807) is 0 Å². The smallest absolute Gasteiger partial charge is 0.322 e. The zero-order chi connectivity index (χ0) is 15.7. The summed E-state index contributed by atoms with van der Waals surface area (Å²) in [4.78, 5) is 33.4. The van der Waals surface area contributed by atoms with Crippen LogP contribution in [0.15, 0.2) is 0 Å². The predicted molar refractivity (Wildman–Crippen MR) is 77.8 cm³/mol. The second-order valence-corrected chi connectivity index (χ2v) is 5.41. The maximum atomic E-state index is 11.8. The Hall–Kier alpha value is -1.79. The Balaban J connectivity index is 2.27. The van der Waals surface area contributed by atoms with Crippen molar-refractivity contribution in [3.05, 3.63) is 0 Å². The fourth-order valence-electron chi connectivity index (χ4n) is 2.71. The van der Waals surface area contributed by atoms with E-state index in [0.29, 0.717) is 5.92 Å². The van der Waals surface area contributed by atoms with E-state index in [2.05, 4.69) is 16.0 Å². The topological polar surface area (TPSA) is 108 Å². The molecule has 0 aromatic rings. The van der Waals surface area contributed by atoms with Crippen molar-refractivity contribution in [1.82, 2.24) is 16.0 Å². The van der Waals surface area contributed by atoms with Gasteiger partial charge in [-0.1, -0.05) is 26.2 Å². The number of nitrogens with one attached hydrogen (secondary N) is 3. The predicted octanol–water partition coefficient (Wildman–Crippen LogP) is 0.845. The summed E-state index contributed by atoms with van der Waals surface area (Å²) in [6.07, 6.45) is 6.83. The molecule has 21 heavy (non-hydrogen) atoms. The van der Waals surface area contributed by atoms with E-state index in [9.17, 15) is 14.4 Å². The Morgan fingerprint density at radius 3 is 2.33 bits per heavy atom. The number of hydrogen-bond donors (Lipinski definition) is 4. The van der Waals surface area contributed by atoms with E-state index in [1.807, 2.05) is 6.92 Å². The van der Waals surface area contributed by atoms with Gasteiger partial charge in [0.05, 0.1) is 6.54 Å². The molecule has 0 spiro atoms. The van der Waals surface area contributed by atoms with Gasteiger partial charge in [0.1, 0.15) is 6.54 Å². The lowest BCUT2D eigenvalue weighted by Gasteiger charge is -2.30. The summed E-state index contributed by atoms with van der Waals surface area (Å²) in [5.41, 5.74) is 0. The summed E-state index contributed by atoms with van der Waals surface area (Å²) in [5.74, 6) is -1.12. The van der Waals surface area contributed by atoms with Gasteiger partial charge in [-0.3, -0.25) is 9.59 Å². The highest BCUT2D eigenvalue weighted by atomic mass is 16.4. The van der Waals surface area contributed by atoms with Crippen LogP contribution in [0.3, 0.4) is 0 Å². The molecule has 1 aliphatic rings. The Morgan fingerprint density at radius 1 is 1.10 bits per heavy atom. The van der Waals surface area contributed by atoms with Gasteiger partial charge in [0.2, 0.25) is 5.91 Å². The molecule has 0 aliphatic heterocycles. The summed E-state index contributed by atoms with van der Waals surface area (Å²) in [7, 11) is 0. The number of carbonyl (C=O) groups is 3. The summed E-state index contributed by atoms with van der Waals surface area (Å²) < 4.78 is 0. The fraction of sp³-hybridized carbons (Fsp3) is 0.786. The van der Waals surface area contributed by atoms with Crippen LogP contribution in [0.25, 0.3) is 0 Å². The molecule has 0 bridgehead atoms. The molecule has 0 aromatic heterocycles. The molecule has 120 valence electrons. The third-order valence-corrected chi connectivity index (χ3v) is 3.82. The van der Waals surface area contributed by atoms with Crippen LogP contribution in [0.4, 0.5) is 4.79 Å². The van der Waals surface area contributed by atoms with Gasteiger partial charge in [0, 0.05) is 6.04 Å². The van der Waals surface area contributed by atoms with Crippen LogP contribution in [0.2, 0.25) is 0 Å². The molecular formula is C14H25N3O4. The first-order valence-corrected chi connectivity index (χ1v) is 7.55. The summed E-state index contributed by atoms with van der Waals surface area (Å²) in [6.45, 7) is 1.38. The molecular weight excluding hydrogens is 274 g/mol. The lowest BCUT2D eigenvalue weighted by atomic mass is 9.83. The molecule has 7 nitrogen and oxygen atoms in total. The average Bonchev–Trinajstić information content (AvgIpc) is 2.49. The molecule has 0 heterocycles. The molecule has 0 saturated heterocycles. The maximum absolute atomic E-state index is 11.8. The molecule has 1 atom stereocenters. The molecule has 1 rings (SSSR count). The van der Waals surface area contributed by atoms with Gasteiger partial charge in [-0.2, -0.15) is 0 Å². The van der Waals surface area contributed by atoms with E-state index < -0.39 is 18.4 Å². The third kappa shape index (κ3) is 6.97. The Morgan fingerprint density at radius 2 is 1.76 bits per heavy atom. The Bertz CT molecular complexity index is 367. The molecule has 3 amide bonds. The molecule has 7 heteroatoms. The first kappa shape index (κ1) is 17.3. The second kappa shape index (κ2) is 9.20. The van der Waals surface area contributed by atoms with Crippen molar-refractivity contribution in [3.63, 3.8) is 0 Å². The van der Waals surface area contributed by atoms with Crippen LogP contribution in [-0.2, 0) is 9.59 Å². The SMILES string of the molecule is CCC(NC(=O)NCC(=O)NCC(=O)O)C1CCCCC1. The Labute approximate surface area is 124 Å². The molecule has 4 N–H and O–H groups in total. The maximum Gasteiger partial charge on any atom is 0.322 e. The van der Waals surface area contributed by atoms with Gasteiger partial charge in [0.15, 0.2) is 0 Å². The Kier molecular flexibility index (Phi) is 7.56. The highest BCUT2D eigenvalue weighted by molar-refractivity contribution is 5.86. The summed E-state index contributed by atoms with van der Waals surface area (Å²) in [5, 5.41) is 16.0. The highest BCUT2D eigenvalue weighted by Crippen LogP contribution is 2.27. The number of rotatable bonds is 7. The molecule has 0 radical (unpaired) electrons. The largest absolute Gasteiger partial charge is 0.480 e. The molecule has 1 fully saturated rings. The van der Waals surface area contributed by atoms with Gasteiger partial charge in [-0.25, -0.2) is 4.79 Å². The van der Waals surface area contributed by atoms with E-state index in [4.69, 9.17) is 5.11 Å². The van der Waals surface area contributed by atoms with Crippen molar-refractivity contribution >= 4 is 17.9 Å². The van der Waals surface area contributed by atoms with Crippen molar-refractivity contribution in [2.24, 2.45) is 5.92 Å². The van der Waals surface area contributed by atoms with Crippen LogP contribution >= 0.6 is 0 Å². The minimum absolute atomic E-state index is 0.132. The quantitative estimate of drug-likeness (QED) is 0.559. The first-order valence-electron chi connectivity index (χ1n) is 7.55. The minimum atomic E-state index is -1.11. The number of carboxylic acids is 1. The lowest BCUT2D eigenvalue weighted by Crippen LogP contribution is -2.48. The third-order valence-electron chi connectivity index (χ3n) is 3.82. The monoisotopic (exact) mass is 299 g/mol. The normalized spacial score (nSPS) is 16.8. The lowest BCUT2D eigenvalue weighted by molar-refractivity contribution is -0.137. The van der Waals surface area contributed by atoms with Crippen molar-refractivity contribution in [2.45, 2.75) is 51.5 Å². The van der Waals surface area contributed by atoms with E-state index in [1.165, 1.54) is 19.3 Å². The van der Waals surface area contributed by atoms with Crippen LogP contribution < -0.4 is 16.0 Å². The molecule has 1 aliphatic carbocycles. The number of hydrogen-bond acceptors (Lipinski definition) is 3. The number of carboxylic acid groups (broad SMARTS) is 1. The molecule has 1 saturated carbocycles. The molecule has 1 unspecified atom stereocenters. The minimum Gasteiger partial charge on any atom is -0.480 e. The average molecular weight is 299 g/mol. The van der Waals surface area contributed by atoms with Gasteiger partial charge in [-0.15, -0.1) is 0 Å². The zero-order valence-electron chi connectivity index (χ0n) is 12.5. The van der Waals surface area contributed by atoms with Crippen molar-refractivity contribution in [1.29, 1.82) is 0 Å². The summed E-state index contributed by atoms with van der Waals surface area (Å²) in [6, 6.07) is -0.245. The van der Waals surface area contributed by atoms with Gasteiger partial charge < -0.3 is 21.1 Å². The van der Waals surface area contributed by atoms with Gasteiger partial charge in [0.25, 0.3) is 0 Å². The van der Waals surface area contributed by atoms with E-state index in [-0.39, 0.29) is 18.6 Å². The van der Waals surface area contributed by atoms with Gasteiger partial charge in [-0.05, 0) is 25.2 Å². The van der Waals surface area contributed by atoms with Crippen LogP contribution in [0.5, 0.6) is 0 Å². The van der Waals surface area contributed by atoms with E-state index in [0.717, 1.165) is 19.3 Å². The highest BCUT2D eigenvalue weighted by Gasteiger charge is 2.23. The van der Waals surface area contributed by atoms with Gasteiger partial charge >= 0.3 is 12.0 Å². The van der Waals surface area contributed by atoms with Crippen LogP contribution in [0, 0.1) is 5.92 Å². The first-order chi connectivity index (χ1) is 10.0. The molecule has 0 aromatic carbocycles. The number of aliphatic carboxylic acids is 1. The fourth-order valence-corrected chi connectivity index (χ4v) is 2.71. The standard InChI is InChI=1S/C14H25N3O4/c1-2-11(10-6-4-3-5-7-10)17-14(21)16-8-12(18)15-9-13(19)20/h10-11H,2-9H2,1H3,(H,15,18)(H,19,20)(H2,16,17,21). The van der Waals surface area contributed by atoms with Crippen molar-refractivity contribution < 1.29 is 19.5 Å². The van der Waals surface area contributed by atoms with Crippen LogP contribution in [0.1, 0.15) is 45.4 Å².